The number of hydrogen-bond acceptors (Lipinski definition) is 2. The predicted molar refractivity (Wildman–Crippen MR) is 49.2 cm³/mol. The van der Waals surface area contributed by atoms with Crippen LogP contribution < -0.4 is 4.74 Å². The summed E-state index contributed by atoms with van der Waals surface area (Å²) in [7, 11) is 0. The minimum atomic E-state index is -2.80. The van der Waals surface area contributed by atoms with E-state index in [2.05, 4.69) is 4.74 Å². The van der Waals surface area contributed by atoms with E-state index in [1.54, 1.807) is 24.3 Å². The summed E-state index contributed by atoms with van der Waals surface area (Å²) in [6.07, 6.45) is 3.25. The van der Waals surface area contributed by atoms with Crippen LogP contribution in [-0.2, 0) is 0 Å². The summed E-state index contributed by atoms with van der Waals surface area (Å²) in [6.45, 7) is -2.84. The molecule has 0 spiro atoms. The van der Waals surface area contributed by atoms with Crippen LogP contribution in [0.25, 0.3) is 6.08 Å². The van der Waals surface area contributed by atoms with Gasteiger partial charge < -0.3 is 9.84 Å². The number of halogens is 2. The average molecular weight is 200 g/mol. The van der Waals surface area contributed by atoms with Crippen molar-refractivity contribution < 1.29 is 18.6 Å². The van der Waals surface area contributed by atoms with Crippen molar-refractivity contribution in [2.24, 2.45) is 0 Å². The van der Waals surface area contributed by atoms with Crippen LogP contribution in [0.15, 0.2) is 30.3 Å². The molecular weight excluding hydrogens is 190 g/mol. The lowest BCUT2D eigenvalue weighted by Crippen LogP contribution is -2.01. The minimum absolute atomic E-state index is 0.0463. The SMILES string of the molecule is OC/C=C/c1ccc(OC(F)F)cc1. The summed E-state index contributed by atoms with van der Waals surface area (Å²) < 4.78 is 27.7. The van der Waals surface area contributed by atoms with Gasteiger partial charge in [-0.05, 0) is 17.7 Å². The van der Waals surface area contributed by atoms with Crippen molar-refractivity contribution in [2.45, 2.75) is 6.61 Å². The van der Waals surface area contributed by atoms with Gasteiger partial charge >= 0.3 is 6.61 Å². The second-order valence-electron chi connectivity index (χ2n) is 2.53. The third-order valence-electron chi connectivity index (χ3n) is 1.52. The Kier molecular flexibility index (Phi) is 4.07. The maximum absolute atomic E-state index is 11.8. The first kappa shape index (κ1) is 10.7. The van der Waals surface area contributed by atoms with Gasteiger partial charge in [0.2, 0.25) is 0 Å². The molecule has 0 aliphatic carbocycles. The van der Waals surface area contributed by atoms with Crippen molar-refractivity contribution in [1.29, 1.82) is 0 Å². The van der Waals surface area contributed by atoms with Crippen LogP contribution in [0, 0.1) is 0 Å². The van der Waals surface area contributed by atoms with Crippen LogP contribution >= 0.6 is 0 Å². The van der Waals surface area contributed by atoms with E-state index < -0.39 is 6.61 Å². The van der Waals surface area contributed by atoms with Gasteiger partial charge in [-0.2, -0.15) is 8.78 Å². The Balaban J connectivity index is 2.64. The third kappa shape index (κ3) is 3.53. The molecule has 0 unspecified atom stereocenters. The quantitative estimate of drug-likeness (QED) is 0.808. The molecule has 0 fully saturated rings. The minimum Gasteiger partial charge on any atom is -0.435 e. The van der Waals surface area contributed by atoms with Crippen LogP contribution in [0.1, 0.15) is 5.56 Å². The number of aliphatic hydroxyl groups is 1. The smallest absolute Gasteiger partial charge is 0.387 e. The molecule has 0 saturated carbocycles. The summed E-state index contributed by atoms with van der Waals surface area (Å²) in [5.74, 6) is 0.126. The van der Waals surface area contributed by atoms with E-state index in [9.17, 15) is 8.78 Å². The van der Waals surface area contributed by atoms with Gasteiger partial charge in [0, 0.05) is 0 Å². The molecule has 0 saturated heterocycles. The van der Waals surface area contributed by atoms with Crippen LogP contribution in [-0.4, -0.2) is 18.3 Å². The highest BCUT2D eigenvalue weighted by molar-refractivity contribution is 5.50. The van der Waals surface area contributed by atoms with Gasteiger partial charge in [0.05, 0.1) is 6.61 Å². The first-order valence-corrected chi connectivity index (χ1v) is 4.04. The van der Waals surface area contributed by atoms with Crippen molar-refractivity contribution in [3.8, 4) is 5.75 Å². The van der Waals surface area contributed by atoms with Crippen LogP contribution in [0.4, 0.5) is 8.78 Å². The molecule has 1 rings (SSSR count). The Morgan fingerprint density at radius 2 is 1.93 bits per heavy atom. The maximum atomic E-state index is 11.8. The zero-order valence-electron chi connectivity index (χ0n) is 7.36. The maximum Gasteiger partial charge on any atom is 0.387 e. The summed E-state index contributed by atoms with van der Waals surface area (Å²) in [4.78, 5) is 0. The van der Waals surface area contributed by atoms with Gasteiger partial charge in [0.15, 0.2) is 0 Å². The van der Waals surface area contributed by atoms with E-state index in [0.29, 0.717) is 0 Å². The van der Waals surface area contributed by atoms with Crippen LogP contribution in [0.5, 0.6) is 5.75 Å². The molecule has 1 N–H and O–H groups in total. The molecule has 2 nitrogen and oxygen atoms in total. The number of aliphatic hydroxyl groups excluding tert-OH is 1. The van der Waals surface area contributed by atoms with E-state index in [1.165, 1.54) is 12.1 Å². The van der Waals surface area contributed by atoms with Crippen molar-refractivity contribution in [3.63, 3.8) is 0 Å². The molecule has 0 amide bonds. The number of benzene rings is 1. The van der Waals surface area contributed by atoms with E-state index in [0.717, 1.165) is 5.56 Å². The van der Waals surface area contributed by atoms with Gasteiger partial charge in [-0.3, -0.25) is 0 Å². The van der Waals surface area contributed by atoms with Gasteiger partial charge in [-0.25, -0.2) is 0 Å². The van der Waals surface area contributed by atoms with Crippen molar-refractivity contribution in [1.82, 2.24) is 0 Å². The van der Waals surface area contributed by atoms with E-state index in [1.807, 2.05) is 0 Å². The highest BCUT2D eigenvalue weighted by atomic mass is 19.3. The Labute approximate surface area is 80.4 Å². The normalized spacial score (nSPS) is 11.1. The molecule has 1 aromatic rings. The molecule has 0 aliphatic heterocycles. The summed E-state index contributed by atoms with van der Waals surface area (Å²) in [5, 5.41) is 8.49. The summed E-state index contributed by atoms with van der Waals surface area (Å²) in [5.41, 5.74) is 0.820. The molecule has 76 valence electrons. The van der Waals surface area contributed by atoms with Gasteiger partial charge in [-0.15, -0.1) is 0 Å². The second-order valence-corrected chi connectivity index (χ2v) is 2.53. The molecule has 1 aromatic carbocycles. The summed E-state index contributed by atoms with van der Waals surface area (Å²) in [6, 6.07) is 6.15. The first-order valence-electron chi connectivity index (χ1n) is 4.04. The Morgan fingerprint density at radius 1 is 1.29 bits per heavy atom. The Morgan fingerprint density at radius 3 is 2.43 bits per heavy atom. The van der Waals surface area contributed by atoms with Crippen molar-refractivity contribution in [3.05, 3.63) is 35.9 Å². The van der Waals surface area contributed by atoms with Gasteiger partial charge in [0.1, 0.15) is 5.75 Å². The zero-order chi connectivity index (χ0) is 10.4. The largest absolute Gasteiger partial charge is 0.435 e. The number of ether oxygens (including phenoxy) is 1. The topological polar surface area (TPSA) is 29.5 Å². The average Bonchev–Trinajstić information content (AvgIpc) is 2.16. The fourth-order valence-corrected chi connectivity index (χ4v) is 0.949. The second kappa shape index (κ2) is 5.34. The van der Waals surface area contributed by atoms with E-state index >= 15 is 0 Å². The molecule has 14 heavy (non-hydrogen) atoms. The number of rotatable bonds is 4. The fraction of sp³-hybridized carbons (Fsp3) is 0.200. The van der Waals surface area contributed by atoms with E-state index in [4.69, 9.17) is 5.11 Å². The highest BCUT2D eigenvalue weighted by Crippen LogP contribution is 2.15. The van der Waals surface area contributed by atoms with Gasteiger partial charge in [-0.1, -0.05) is 24.3 Å². The number of hydrogen-bond donors (Lipinski definition) is 1. The molecular formula is C10H10F2O2. The molecule has 0 aromatic heterocycles. The molecule has 0 bridgehead atoms. The predicted octanol–water partition coefficient (Wildman–Crippen LogP) is 2.29. The summed E-state index contributed by atoms with van der Waals surface area (Å²) >= 11 is 0. The molecule has 0 aliphatic rings. The molecule has 0 heterocycles. The Hall–Kier alpha value is -1.42. The molecule has 4 heteroatoms. The van der Waals surface area contributed by atoms with Gasteiger partial charge in [0.25, 0.3) is 0 Å². The lowest BCUT2D eigenvalue weighted by molar-refractivity contribution is -0.0498. The molecule has 0 atom stereocenters. The van der Waals surface area contributed by atoms with Crippen molar-refractivity contribution in [2.75, 3.05) is 6.61 Å². The van der Waals surface area contributed by atoms with Crippen LogP contribution in [0.2, 0.25) is 0 Å². The monoisotopic (exact) mass is 200 g/mol. The molecule has 0 radical (unpaired) electrons. The van der Waals surface area contributed by atoms with Crippen molar-refractivity contribution >= 4 is 6.08 Å². The lowest BCUT2D eigenvalue weighted by atomic mass is 10.2. The first-order chi connectivity index (χ1) is 6.72. The number of alkyl halides is 2. The third-order valence-corrected chi connectivity index (χ3v) is 1.52. The van der Waals surface area contributed by atoms with E-state index in [-0.39, 0.29) is 12.4 Å². The standard InChI is InChI=1S/C10H10F2O2/c11-10(12)14-9-5-3-8(4-6-9)2-1-7-13/h1-6,10,13H,7H2/b2-1+. The Bertz CT molecular complexity index is 293. The zero-order valence-corrected chi connectivity index (χ0v) is 7.36. The fourth-order valence-electron chi connectivity index (χ4n) is 0.949. The van der Waals surface area contributed by atoms with Crippen LogP contribution in [0.3, 0.4) is 0 Å². The lowest BCUT2D eigenvalue weighted by Gasteiger charge is -2.03. The highest BCUT2D eigenvalue weighted by Gasteiger charge is 2.02.